The lowest BCUT2D eigenvalue weighted by atomic mass is 10.2. The van der Waals surface area contributed by atoms with Crippen molar-refractivity contribution in [1.82, 2.24) is 15.2 Å². The highest BCUT2D eigenvalue weighted by Gasteiger charge is 2.05. The third-order valence-corrected chi connectivity index (χ3v) is 3.02. The standard InChI is InChI=1S/C15H14N4O/c1-10-7-12(20)4-5-13(10)17-15-8-14(18-19-15)11-3-2-6-16-9-11/h2-9,20H,1H3,(H2,17,18,19). The summed E-state index contributed by atoms with van der Waals surface area (Å²) >= 11 is 0. The molecule has 0 fully saturated rings. The molecule has 0 radical (unpaired) electrons. The van der Waals surface area contributed by atoms with Gasteiger partial charge in [0.15, 0.2) is 5.82 Å². The van der Waals surface area contributed by atoms with Crippen molar-refractivity contribution in [3.05, 3.63) is 54.4 Å². The van der Waals surface area contributed by atoms with E-state index in [-0.39, 0.29) is 5.75 Å². The highest BCUT2D eigenvalue weighted by molar-refractivity contribution is 5.67. The fourth-order valence-corrected chi connectivity index (χ4v) is 1.98. The summed E-state index contributed by atoms with van der Waals surface area (Å²) in [6.45, 7) is 1.93. The first-order chi connectivity index (χ1) is 9.72. The molecule has 3 aromatic rings. The van der Waals surface area contributed by atoms with Crippen LogP contribution >= 0.6 is 0 Å². The Hall–Kier alpha value is -2.82. The zero-order valence-electron chi connectivity index (χ0n) is 11.0. The Morgan fingerprint density at radius 1 is 1.20 bits per heavy atom. The minimum atomic E-state index is 0.256. The summed E-state index contributed by atoms with van der Waals surface area (Å²) in [5.41, 5.74) is 3.75. The number of phenolic OH excluding ortho intramolecular Hbond substituents is 1. The van der Waals surface area contributed by atoms with Crippen LogP contribution in [0.2, 0.25) is 0 Å². The predicted octanol–water partition coefficient (Wildman–Crippen LogP) is 3.23. The van der Waals surface area contributed by atoms with Crippen LogP contribution in [0, 0.1) is 6.92 Å². The van der Waals surface area contributed by atoms with Gasteiger partial charge in [0.25, 0.3) is 0 Å². The van der Waals surface area contributed by atoms with Crippen LogP contribution < -0.4 is 5.32 Å². The van der Waals surface area contributed by atoms with Crippen molar-refractivity contribution in [1.29, 1.82) is 0 Å². The third-order valence-electron chi connectivity index (χ3n) is 3.02. The molecule has 0 bridgehead atoms. The molecule has 20 heavy (non-hydrogen) atoms. The molecule has 5 nitrogen and oxygen atoms in total. The average Bonchev–Trinajstić information content (AvgIpc) is 2.92. The maximum Gasteiger partial charge on any atom is 0.152 e. The highest BCUT2D eigenvalue weighted by atomic mass is 16.3. The summed E-state index contributed by atoms with van der Waals surface area (Å²) < 4.78 is 0. The van der Waals surface area contributed by atoms with E-state index >= 15 is 0 Å². The summed E-state index contributed by atoms with van der Waals surface area (Å²) in [6.07, 6.45) is 3.52. The van der Waals surface area contributed by atoms with Gasteiger partial charge in [-0.3, -0.25) is 10.1 Å². The van der Waals surface area contributed by atoms with Crippen LogP contribution in [0.25, 0.3) is 11.3 Å². The lowest BCUT2D eigenvalue weighted by molar-refractivity contribution is 0.475. The quantitative estimate of drug-likeness (QED) is 0.636. The van der Waals surface area contributed by atoms with Gasteiger partial charge in [0, 0.05) is 29.7 Å². The van der Waals surface area contributed by atoms with Crippen LogP contribution in [0.1, 0.15) is 5.56 Å². The van der Waals surface area contributed by atoms with Gasteiger partial charge in [-0.25, -0.2) is 0 Å². The van der Waals surface area contributed by atoms with E-state index in [1.54, 1.807) is 24.5 Å². The summed E-state index contributed by atoms with van der Waals surface area (Å²) in [7, 11) is 0. The topological polar surface area (TPSA) is 73.8 Å². The second-order valence-electron chi connectivity index (χ2n) is 4.53. The molecule has 3 rings (SSSR count). The SMILES string of the molecule is Cc1cc(O)ccc1Nc1cc(-c2cccnc2)[nH]n1. The van der Waals surface area contributed by atoms with Crippen LogP contribution in [-0.2, 0) is 0 Å². The molecule has 3 N–H and O–H groups in total. The lowest BCUT2D eigenvalue weighted by Gasteiger charge is -2.06. The fourth-order valence-electron chi connectivity index (χ4n) is 1.98. The molecule has 0 aliphatic rings. The van der Waals surface area contributed by atoms with E-state index in [1.807, 2.05) is 31.2 Å². The Labute approximate surface area is 116 Å². The van der Waals surface area contributed by atoms with Crippen molar-refractivity contribution in [2.24, 2.45) is 0 Å². The molecule has 2 heterocycles. The maximum absolute atomic E-state index is 9.40. The van der Waals surface area contributed by atoms with Crippen LogP contribution in [0.5, 0.6) is 5.75 Å². The number of anilines is 2. The zero-order chi connectivity index (χ0) is 13.9. The zero-order valence-corrected chi connectivity index (χ0v) is 11.0. The normalized spacial score (nSPS) is 10.4. The lowest BCUT2D eigenvalue weighted by Crippen LogP contribution is -1.92. The van der Waals surface area contributed by atoms with Crippen LogP contribution in [0.3, 0.4) is 0 Å². The molecular weight excluding hydrogens is 252 g/mol. The minimum absolute atomic E-state index is 0.256. The second kappa shape index (κ2) is 5.05. The van der Waals surface area contributed by atoms with Gasteiger partial charge < -0.3 is 10.4 Å². The number of H-pyrrole nitrogens is 1. The van der Waals surface area contributed by atoms with Gasteiger partial charge in [-0.15, -0.1) is 0 Å². The average molecular weight is 266 g/mol. The number of nitrogens with zero attached hydrogens (tertiary/aromatic N) is 2. The number of rotatable bonds is 3. The first kappa shape index (κ1) is 12.2. The maximum atomic E-state index is 9.40. The molecule has 0 aliphatic heterocycles. The van der Waals surface area contributed by atoms with E-state index in [2.05, 4.69) is 20.5 Å². The number of aryl methyl sites for hydroxylation is 1. The van der Waals surface area contributed by atoms with Crippen molar-refractivity contribution in [3.63, 3.8) is 0 Å². The van der Waals surface area contributed by atoms with Gasteiger partial charge >= 0.3 is 0 Å². The van der Waals surface area contributed by atoms with Gasteiger partial charge in [0.1, 0.15) is 5.75 Å². The Morgan fingerprint density at radius 2 is 2.10 bits per heavy atom. The number of aromatic nitrogens is 3. The van der Waals surface area contributed by atoms with Crippen molar-refractivity contribution < 1.29 is 5.11 Å². The largest absolute Gasteiger partial charge is 0.508 e. The number of hydrogen-bond acceptors (Lipinski definition) is 4. The number of nitrogens with one attached hydrogen (secondary N) is 2. The number of hydrogen-bond donors (Lipinski definition) is 3. The van der Waals surface area contributed by atoms with Crippen molar-refractivity contribution in [2.75, 3.05) is 5.32 Å². The van der Waals surface area contributed by atoms with E-state index in [9.17, 15) is 5.11 Å². The fraction of sp³-hybridized carbons (Fsp3) is 0.0667. The molecule has 2 aromatic heterocycles. The van der Waals surface area contributed by atoms with Crippen LogP contribution in [0.4, 0.5) is 11.5 Å². The number of pyridine rings is 1. The molecule has 1 aromatic carbocycles. The molecule has 0 amide bonds. The summed E-state index contributed by atoms with van der Waals surface area (Å²) in [5, 5.41) is 19.8. The monoisotopic (exact) mass is 266 g/mol. The van der Waals surface area contributed by atoms with E-state index in [0.29, 0.717) is 0 Å². The Kier molecular flexibility index (Phi) is 3.09. The van der Waals surface area contributed by atoms with E-state index in [1.165, 1.54) is 0 Å². The van der Waals surface area contributed by atoms with Gasteiger partial charge in [-0.1, -0.05) is 0 Å². The summed E-state index contributed by atoms with van der Waals surface area (Å²) in [4.78, 5) is 4.08. The van der Waals surface area contributed by atoms with Gasteiger partial charge in [-0.05, 0) is 42.8 Å². The predicted molar refractivity (Wildman–Crippen MR) is 77.9 cm³/mol. The number of aromatic amines is 1. The number of aromatic hydroxyl groups is 1. The second-order valence-corrected chi connectivity index (χ2v) is 4.53. The number of benzene rings is 1. The molecule has 100 valence electrons. The number of phenols is 1. The summed E-state index contributed by atoms with van der Waals surface area (Å²) in [5.74, 6) is 0.976. The third kappa shape index (κ3) is 2.47. The summed E-state index contributed by atoms with van der Waals surface area (Å²) in [6, 6.07) is 10.9. The van der Waals surface area contributed by atoms with Crippen molar-refractivity contribution >= 4 is 11.5 Å². The molecule has 5 heteroatoms. The molecule has 0 unspecified atom stereocenters. The first-order valence-corrected chi connectivity index (χ1v) is 6.25. The van der Waals surface area contributed by atoms with Gasteiger partial charge in [0.05, 0.1) is 5.69 Å². The van der Waals surface area contributed by atoms with Crippen molar-refractivity contribution in [3.8, 4) is 17.0 Å². The van der Waals surface area contributed by atoms with Crippen molar-refractivity contribution in [2.45, 2.75) is 6.92 Å². The molecule has 0 saturated carbocycles. The highest BCUT2D eigenvalue weighted by Crippen LogP contribution is 2.25. The molecule has 0 aliphatic carbocycles. The molecule has 0 spiro atoms. The molecule has 0 atom stereocenters. The first-order valence-electron chi connectivity index (χ1n) is 6.25. The Bertz CT molecular complexity index is 722. The van der Waals surface area contributed by atoms with Gasteiger partial charge in [-0.2, -0.15) is 5.10 Å². The smallest absolute Gasteiger partial charge is 0.152 e. The molecular formula is C15H14N4O. The minimum Gasteiger partial charge on any atom is -0.508 e. The molecule has 0 saturated heterocycles. The van der Waals surface area contributed by atoms with E-state index < -0.39 is 0 Å². The van der Waals surface area contributed by atoms with E-state index in [4.69, 9.17) is 0 Å². The van der Waals surface area contributed by atoms with Crippen LogP contribution in [0.15, 0.2) is 48.8 Å². The van der Waals surface area contributed by atoms with Crippen LogP contribution in [-0.4, -0.2) is 20.3 Å². The van der Waals surface area contributed by atoms with E-state index in [0.717, 1.165) is 28.3 Å². The van der Waals surface area contributed by atoms with Gasteiger partial charge in [0.2, 0.25) is 0 Å². The Morgan fingerprint density at radius 3 is 2.85 bits per heavy atom. The Balaban J connectivity index is 1.84.